The normalized spacial score (nSPS) is 16.1. The molecule has 154 valence electrons. The van der Waals surface area contributed by atoms with Crippen molar-refractivity contribution in [2.75, 3.05) is 7.11 Å². The molecule has 2 aromatic rings. The molecule has 0 saturated heterocycles. The minimum absolute atomic E-state index is 0.175. The van der Waals surface area contributed by atoms with Crippen LogP contribution in [-0.2, 0) is 14.3 Å². The number of nitrogens with zero attached hydrogens (tertiary/aromatic N) is 1. The summed E-state index contributed by atoms with van der Waals surface area (Å²) in [5, 5.41) is 30.6. The second kappa shape index (κ2) is 7.95. The molecule has 2 aromatic carbocycles. The minimum atomic E-state index is -1.48. The number of benzene rings is 2. The van der Waals surface area contributed by atoms with Gasteiger partial charge in [-0.15, -0.1) is 0 Å². The van der Waals surface area contributed by atoms with E-state index in [0.717, 1.165) is 12.1 Å². The van der Waals surface area contributed by atoms with E-state index in [4.69, 9.17) is 15.2 Å². The fourth-order valence-corrected chi connectivity index (χ4v) is 3.24. The number of nitrogens with two attached hydrogens (primary N) is 1. The number of carboxylic acids is 2. The lowest BCUT2D eigenvalue weighted by molar-refractivity contribution is -0.384. The third-order valence-electron chi connectivity index (χ3n) is 4.55. The number of ether oxygens (including phenoxy) is 2. The van der Waals surface area contributed by atoms with Crippen molar-refractivity contribution in [3.8, 4) is 5.75 Å². The quantitative estimate of drug-likeness (QED) is 0.478. The topological polar surface area (TPSA) is 162 Å². The molecule has 1 aliphatic heterocycles. The van der Waals surface area contributed by atoms with E-state index in [1.165, 1.54) is 19.2 Å². The highest BCUT2D eigenvalue weighted by Crippen LogP contribution is 2.44. The van der Waals surface area contributed by atoms with Crippen molar-refractivity contribution in [3.05, 3.63) is 86.8 Å². The van der Waals surface area contributed by atoms with E-state index in [1.54, 1.807) is 24.3 Å². The van der Waals surface area contributed by atoms with Crippen molar-refractivity contribution in [1.82, 2.24) is 0 Å². The van der Waals surface area contributed by atoms with Crippen LogP contribution in [0.5, 0.6) is 5.75 Å². The highest BCUT2D eigenvalue weighted by atomic mass is 16.6. The van der Waals surface area contributed by atoms with Crippen molar-refractivity contribution in [3.63, 3.8) is 0 Å². The first-order valence-electron chi connectivity index (χ1n) is 8.52. The van der Waals surface area contributed by atoms with Crippen LogP contribution in [0.25, 0.3) is 5.76 Å². The van der Waals surface area contributed by atoms with E-state index in [-0.39, 0.29) is 28.1 Å². The Morgan fingerprint density at radius 3 is 2.20 bits per heavy atom. The fraction of sp³-hybridized carbons (Fsp3) is 0.100. The van der Waals surface area contributed by atoms with Gasteiger partial charge in [0.1, 0.15) is 11.3 Å². The maximum Gasteiger partial charge on any atom is 0.337 e. The average Bonchev–Trinajstić information content (AvgIpc) is 2.72. The number of aliphatic carboxylic acids is 2. The maximum atomic E-state index is 12.2. The first-order chi connectivity index (χ1) is 14.3. The zero-order chi connectivity index (χ0) is 22.0. The molecule has 10 nitrogen and oxygen atoms in total. The summed E-state index contributed by atoms with van der Waals surface area (Å²) in [6.07, 6.45) is 0. The van der Waals surface area contributed by atoms with Crippen molar-refractivity contribution in [2.24, 2.45) is 5.73 Å². The van der Waals surface area contributed by atoms with E-state index >= 15 is 0 Å². The van der Waals surface area contributed by atoms with Gasteiger partial charge in [0, 0.05) is 12.1 Å². The van der Waals surface area contributed by atoms with Crippen LogP contribution in [0, 0.1) is 10.1 Å². The molecule has 0 aliphatic carbocycles. The fourth-order valence-electron chi connectivity index (χ4n) is 3.24. The second-order valence-electron chi connectivity index (χ2n) is 6.22. The molecule has 10 heteroatoms. The van der Waals surface area contributed by atoms with Crippen molar-refractivity contribution >= 4 is 23.4 Å². The minimum Gasteiger partial charge on any atom is -0.496 e. The van der Waals surface area contributed by atoms with Crippen molar-refractivity contribution in [1.29, 1.82) is 0 Å². The van der Waals surface area contributed by atoms with Crippen LogP contribution in [-0.4, -0.2) is 34.2 Å². The van der Waals surface area contributed by atoms with Gasteiger partial charge in [0.05, 0.1) is 29.1 Å². The molecule has 1 heterocycles. The number of hydrogen-bond donors (Lipinski definition) is 3. The number of hydrogen-bond acceptors (Lipinski definition) is 7. The van der Waals surface area contributed by atoms with Gasteiger partial charge in [0.2, 0.25) is 5.88 Å². The smallest absolute Gasteiger partial charge is 0.337 e. The standard InChI is InChI=1S/C20H16N2O8/c1-29-13-5-3-2-4-12(13)17-15(19(23)24)14(16(20(25)26)18(21)30-17)10-6-8-11(9-7-10)22(27)28/h2-9,14H,21H2,1H3,(H,23,24)(H,25,26)/t14-/m1/s1. The van der Waals surface area contributed by atoms with Gasteiger partial charge in [-0.25, -0.2) is 9.59 Å². The molecule has 0 amide bonds. The Balaban J connectivity index is 2.30. The van der Waals surface area contributed by atoms with Crippen LogP contribution in [0.4, 0.5) is 5.69 Å². The van der Waals surface area contributed by atoms with Gasteiger partial charge in [0.25, 0.3) is 5.69 Å². The summed E-state index contributed by atoms with van der Waals surface area (Å²) < 4.78 is 10.7. The molecule has 30 heavy (non-hydrogen) atoms. The molecule has 0 aromatic heterocycles. The highest BCUT2D eigenvalue weighted by Gasteiger charge is 2.41. The van der Waals surface area contributed by atoms with Crippen LogP contribution in [0.1, 0.15) is 17.0 Å². The Morgan fingerprint density at radius 1 is 1.07 bits per heavy atom. The zero-order valence-electron chi connectivity index (χ0n) is 15.6. The Hall–Kier alpha value is -4.34. The molecule has 1 atom stereocenters. The van der Waals surface area contributed by atoms with E-state index in [9.17, 15) is 29.9 Å². The summed E-state index contributed by atoms with van der Waals surface area (Å²) in [5.41, 5.74) is 5.21. The zero-order valence-corrected chi connectivity index (χ0v) is 15.6. The van der Waals surface area contributed by atoms with E-state index in [0.29, 0.717) is 5.75 Å². The van der Waals surface area contributed by atoms with Gasteiger partial charge in [0.15, 0.2) is 5.76 Å². The number of non-ortho nitro benzene ring substituents is 1. The predicted molar refractivity (Wildman–Crippen MR) is 103 cm³/mol. The van der Waals surface area contributed by atoms with Gasteiger partial charge in [-0.2, -0.15) is 0 Å². The lowest BCUT2D eigenvalue weighted by Gasteiger charge is -2.28. The third kappa shape index (κ3) is 3.53. The first-order valence-corrected chi connectivity index (χ1v) is 8.52. The average molecular weight is 412 g/mol. The maximum absolute atomic E-state index is 12.2. The molecule has 0 saturated carbocycles. The number of nitro benzene ring substituents is 1. The van der Waals surface area contributed by atoms with Crippen LogP contribution in [0.3, 0.4) is 0 Å². The van der Waals surface area contributed by atoms with Gasteiger partial charge in [-0.3, -0.25) is 10.1 Å². The summed E-state index contributed by atoms with van der Waals surface area (Å²) in [7, 11) is 1.39. The molecule has 0 unspecified atom stereocenters. The molecule has 4 N–H and O–H groups in total. The molecular weight excluding hydrogens is 396 g/mol. The SMILES string of the molecule is COc1ccccc1C1=C(C(=O)O)[C@@H](c2ccc([N+](=O)[O-])cc2)C(C(=O)O)=C(N)O1. The van der Waals surface area contributed by atoms with Crippen LogP contribution in [0.2, 0.25) is 0 Å². The molecule has 1 aliphatic rings. The van der Waals surface area contributed by atoms with Gasteiger partial charge in [-0.05, 0) is 17.7 Å². The van der Waals surface area contributed by atoms with Crippen LogP contribution in [0.15, 0.2) is 65.6 Å². The first kappa shape index (κ1) is 20.4. The lowest BCUT2D eigenvalue weighted by atomic mass is 9.81. The van der Waals surface area contributed by atoms with E-state index < -0.39 is 34.2 Å². The Labute approximate surface area is 169 Å². The Bertz CT molecular complexity index is 1100. The number of rotatable bonds is 6. The predicted octanol–water partition coefficient (Wildman–Crippen LogP) is 2.47. The van der Waals surface area contributed by atoms with E-state index in [1.807, 2.05) is 0 Å². The molecule has 0 radical (unpaired) electrons. The number of carbonyl (C=O) groups is 2. The summed E-state index contributed by atoms with van der Waals surface area (Å²) in [6, 6.07) is 11.3. The number of para-hydroxylation sites is 1. The lowest BCUT2D eigenvalue weighted by Crippen LogP contribution is -2.28. The van der Waals surface area contributed by atoms with Crippen LogP contribution < -0.4 is 10.5 Å². The largest absolute Gasteiger partial charge is 0.496 e. The Morgan fingerprint density at radius 2 is 1.67 bits per heavy atom. The van der Waals surface area contributed by atoms with E-state index in [2.05, 4.69) is 0 Å². The van der Waals surface area contributed by atoms with Gasteiger partial charge < -0.3 is 25.4 Å². The molecule has 0 fully saturated rings. The van der Waals surface area contributed by atoms with Gasteiger partial charge >= 0.3 is 11.9 Å². The second-order valence-corrected chi connectivity index (χ2v) is 6.22. The monoisotopic (exact) mass is 412 g/mol. The molecular formula is C20H16N2O8. The third-order valence-corrected chi connectivity index (χ3v) is 4.55. The summed E-state index contributed by atoms with van der Waals surface area (Å²) in [4.78, 5) is 34.4. The highest BCUT2D eigenvalue weighted by molar-refractivity contribution is 6.03. The molecule has 0 spiro atoms. The number of carboxylic acid groups (broad SMARTS) is 2. The summed E-state index contributed by atoms with van der Waals surface area (Å²) in [6.45, 7) is 0. The number of nitro groups is 1. The van der Waals surface area contributed by atoms with Crippen LogP contribution >= 0.6 is 0 Å². The molecule has 3 rings (SSSR count). The summed E-state index contributed by atoms with van der Waals surface area (Å²) in [5.74, 6) is -4.63. The van der Waals surface area contributed by atoms with Crippen molar-refractivity contribution < 1.29 is 34.2 Å². The molecule has 0 bridgehead atoms. The number of methoxy groups -OCH3 is 1. The Kier molecular flexibility index (Phi) is 5.41. The van der Waals surface area contributed by atoms with Gasteiger partial charge in [-0.1, -0.05) is 24.3 Å². The van der Waals surface area contributed by atoms with Crippen molar-refractivity contribution in [2.45, 2.75) is 5.92 Å². The summed E-state index contributed by atoms with van der Waals surface area (Å²) >= 11 is 0.